The van der Waals surface area contributed by atoms with Gasteiger partial charge in [-0.15, -0.1) is 0 Å². The number of hydrogen-bond acceptors (Lipinski definition) is 3. The highest BCUT2D eigenvalue weighted by Gasteiger charge is 2.12. The minimum atomic E-state index is 0.622. The van der Waals surface area contributed by atoms with Crippen LogP contribution < -0.4 is 11.2 Å². The second-order valence-electron chi connectivity index (χ2n) is 2.81. The fraction of sp³-hybridized carbons (Fsp3) is 1.00. The summed E-state index contributed by atoms with van der Waals surface area (Å²) in [6.45, 7) is 1.51. The molecule has 0 saturated heterocycles. The standard InChI is InChI=1S/C7H16N2O/c8-10-6-5-9-7-3-1-2-4-7/h7,9H,1-6,8H2. The molecule has 1 aliphatic rings. The van der Waals surface area contributed by atoms with Gasteiger partial charge >= 0.3 is 0 Å². The molecule has 3 N–H and O–H groups in total. The summed E-state index contributed by atoms with van der Waals surface area (Å²) in [6.07, 6.45) is 5.40. The third kappa shape index (κ3) is 2.64. The van der Waals surface area contributed by atoms with Gasteiger partial charge in [0, 0.05) is 12.6 Å². The minimum Gasteiger partial charge on any atom is -0.312 e. The molecule has 0 aliphatic heterocycles. The molecule has 3 nitrogen and oxygen atoms in total. The molecular weight excluding hydrogens is 128 g/mol. The Balaban J connectivity index is 1.91. The fourth-order valence-electron chi connectivity index (χ4n) is 1.45. The molecule has 1 saturated carbocycles. The van der Waals surface area contributed by atoms with Crippen LogP contribution in [-0.4, -0.2) is 19.2 Å². The highest BCUT2D eigenvalue weighted by Crippen LogP contribution is 2.16. The SMILES string of the molecule is NOCCNC1CCCC1. The van der Waals surface area contributed by atoms with E-state index >= 15 is 0 Å². The molecule has 0 aromatic carbocycles. The lowest BCUT2D eigenvalue weighted by Gasteiger charge is -2.09. The molecule has 0 heterocycles. The topological polar surface area (TPSA) is 47.3 Å². The second kappa shape index (κ2) is 4.66. The van der Waals surface area contributed by atoms with E-state index in [1.54, 1.807) is 0 Å². The van der Waals surface area contributed by atoms with Crippen molar-refractivity contribution in [1.82, 2.24) is 5.32 Å². The average molecular weight is 144 g/mol. The number of nitrogens with two attached hydrogens (primary N) is 1. The lowest BCUT2D eigenvalue weighted by molar-refractivity contribution is 0.137. The molecule has 1 rings (SSSR count). The maximum absolute atomic E-state index is 4.87. The van der Waals surface area contributed by atoms with E-state index < -0.39 is 0 Å². The van der Waals surface area contributed by atoms with Gasteiger partial charge in [0.15, 0.2) is 0 Å². The van der Waals surface area contributed by atoms with E-state index in [9.17, 15) is 0 Å². The van der Waals surface area contributed by atoms with Crippen LogP contribution in [0.2, 0.25) is 0 Å². The summed E-state index contributed by atoms with van der Waals surface area (Å²) in [5.74, 6) is 4.87. The van der Waals surface area contributed by atoms with E-state index in [0.717, 1.165) is 12.6 Å². The minimum absolute atomic E-state index is 0.622. The first kappa shape index (κ1) is 7.98. The van der Waals surface area contributed by atoms with Crippen molar-refractivity contribution in [1.29, 1.82) is 0 Å². The Morgan fingerprint density at radius 3 is 2.70 bits per heavy atom. The van der Waals surface area contributed by atoms with Crippen molar-refractivity contribution >= 4 is 0 Å². The molecule has 60 valence electrons. The monoisotopic (exact) mass is 144 g/mol. The lowest BCUT2D eigenvalue weighted by Crippen LogP contribution is -2.30. The molecule has 10 heavy (non-hydrogen) atoms. The first-order chi connectivity index (χ1) is 4.93. The van der Waals surface area contributed by atoms with Gasteiger partial charge in [0.25, 0.3) is 0 Å². The maximum Gasteiger partial charge on any atom is 0.0803 e. The van der Waals surface area contributed by atoms with E-state index in [0.29, 0.717) is 6.61 Å². The molecule has 1 aliphatic carbocycles. The van der Waals surface area contributed by atoms with Crippen LogP contribution in [-0.2, 0) is 4.84 Å². The third-order valence-corrected chi connectivity index (χ3v) is 2.01. The molecule has 0 aromatic heterocycles. The summed E-state index contributed by atoms with van der Waals surface area (Å²) in [7, 11) is 0. The quantitative estimate of drug-likeness (QED) is 0.444. The number of hydrogen-bond donors (Lipinski definition) is 2. The van der Waals surface area contributed by atoms with E-state index in [1.165, 1.54) is 25.7 Å². The molecule has 0 amide bonds. The maximum atomic E-state index is 4.87. The summed E-state index contributed by atoms with van der Waals surface area (Å²) in [5, 5.41) is 3.38. The molecule has 0 spiro atoms. The molecule has 1 fully saturated rings. The molecule has 0 atom stereocenters. The molecular formula is C7H16N2O. The van der Waals surface area contributed by atoms with E-state index in [-0.39, 0.29) is 0 Å². The van der Waals surface area contributed by atoms with Crippen LogP contribution in [0.25, 0.3) is 0 Å². The molecule has 0 radical (unpaired) electrons. The summed E-state index contributed by atoms with van der Waals surface area (Å²) >= 11 is 0. The Bertz CT molecular complexity index is 81.7. The third-order valence-electron chi connectivity index (χ3n) is 2.01. The van der Waals surface area contributed by atoms with Gasteiger partial charge in [-0.25, -0.2) is 5.90 Å². The molecule has 0 aromatic rings. The van der Waals surface area contributed by atoms with Crippen LogP contribution >= 0.6 is 0 Å². The Morgan fingerprint density at radius 2 is 2.10 bits per heavy atom. The summed E-state index contributed by atoms with van der Waals surface area (Å²) in [4.78, 5) is 4.44. The van der Waals surface area contributed by atoms with Crippen LogP contribution in [0.1, 0.15) is 25.7 Å². The fourth-order valence-corrected chi connectivity index (χ4v) is 1.45. The molecule has 0 unspecified atom stereocenters. The van der Waals surface area contributed by atoms with Crippen LogP contribution in [0, 0.1) is 0 Å². The Labute approximate surface area is 61.9 Å². The van der Waals surface area contributed by atoms with Gasteiger partial charge in [0.05, 0.1) is 6.61 Å². The van der Waals surface area contributed by atoms with Crippen LogP contribution in [0.4, 0.5) is 0 Å². The van der Waals surface area contributed by atoms with Crippen molar-refractivity contribution in [3.05, 3.63) is 0 Å². The van der Waals surface area contributed by atoms with E-state index in [2.05, 4.69) is 10.2 Å². The predicted octanol–water partition coefficient (Wildman–Crippen LogP) is 0.409. The van der Waals surface area contributed by atoms with Gasteiger partial charge < -0.3 is 10.2 Å². The highest BCUT2D eigenvalue weighted by molar-refractivity contribution is 4.72. The summed E-state index contributed by atoms with van der Waals surface area (Å²) in [6, 6.07) is 0.732. The number of nitrogens with one attached hydrogen (secondary N) is 1. The second-order valence-corrected chi connectivity index (χ2v) is 2.81. The summed E-state index contributed by atoms with van der Waals surface area (Å²) < 4.78 is 0. The van der Waals surface area contributed by atoms with Crippen LogP contribution in [0.5, 0.6) is 0 Å². The Morgan fingerprint density at radius 1 is 1.40 bits per heavy atom. The largest absolute Gasteiger partial charge is 0.312 e. The normalized spacial score (nSPS) is 20.1. The van der Waals surface area contributed by atoms with Gasteiger partial charge in [0.2, 0.25) is 0 Å². The average Bonchev–Trinajstić information content (AvgIpc) is 2.41. The zero-order valence-corrected chi connectivity index (χ0v) is 6.31. The Kier molecular flexibility index (Phi) is 3.72. The van der Waals surface area contributed by atoms with Gasteiger partial charge in [0.1, 0.15) is 0 Å². The van der Waals surface area contributed by atoms with E-state index in [4.69, 9.17) is 5.90 Å². The molecule has 3 heteroatoms. The van der Waals surface area contributed by atoms with Gasteiger partial charge in [-0.1, -0.05) is 12.8 Å². The zero-order chi connectivity index (χ0) is 7.23. The first-order valence-corrected chi connectivity index (χ1v) is 3.98. The van der Waals surface area contributed by atoms with Crippen molar-refractivity contribution in [2.24, 2.45) is 5.90 Å². The predicted molar refractivity (Wildman–Crippen MR) is 40.4 cm³/mol. The van der Waals surface area contributed by atoms with Gasteiger partial charge in [-0.3, -0.25) is 0 Å². The van der Waals surface area contributed by atoms with Crippen LogP contribution in [0.3, 0.4) is 0 Å². The van der Waals surface area contributed by atoms with Crippen molar-refractivity contribution in [3.63, 3.8) is 0 Å². The van der Waals surface area contributed by atoms with Gasteiger partial charge in [-0.2, -0.15) is 0 Å². The van der Waals surface area contributed by atoms with Crippen LogP contribution in [0.15, 0.2) is 0 Å². The summed E-state index contributed by atoms with van der Waals surface area (Å²) in [5.41, 5.74) is 0. The highest BCUT2D eigenvalue weighted by atomic mass is 16.6. The lowest BCUT2D eigenvalue weighted by atomic mass is 10.2. The Hall–Kier alpha value is -0.120. The smallest absolute Gasteiger partial charge is 0.0803 e. The number of rotatable bonds is 4. The van der Waals surface area contributed by atoms with Crippen molar-refractivity contribution in [2.75, 3.05) is 13.2 Å². The van der Waals surface area contributed by atoms with Crippen molar-refractivity contribution in [2.45, 2.75) is 31.7 Å². The zero-order valence-electron chi connectivity index (χ0n) is 6.31. The van der Waals surface area contributed by atoms with E-state index in [1.807, 2.05) is 0 Å². The first-order valence-electron chi connectivity index (χ1n) is 3.98. The molecule has 0 bridgehead atoms. The van der Waals surface area contributed by atoms with Crippen molar-refractivity contribution < 1.29 is 4.84 Å². The van der Waals surface area contributed by atoms with Gasteiger partial charge in [-0.05, 0) is 12.8 Å². The van der Waals surface area contributed by atoms with Crippen molar-refractivity contribution in [3.8, 4) is 0 Å².